The van der Waals surface area contributed by atoms with Crippen LogP contribution in [0.3, 0.4) is 0 Å². The highest BCUT2D eigenvalue weighted by Gasteiger charge is 2.10. The van der Waals surface area contributed by atoms with E-state index in [0.29, 0.717) is 26.9 Å². The Hall–Kier alpha value is -1.72. The van der Waals surface area contributed by atoms with Gasteiger partial charge in [0.1, 0.15) is 5.82 Å². The van der Waals surface area contributed by atoms with Crippen molar-refractivity contribution in [2.24, 2.45) is 0 Å². The van der Waals surface area contributed by atoms with Gasteiger partial charge in [-0.2, -0.15) is 4.98 Å². The lowest BCUT2D eigenvalue weighted by Gasteiger charge is -2.08. The Balaban J connectivity index is 2.61. The number of hydrogen-bond acceptors (Lipinski definition) is 5. The number of nitrogens with two attached hydrogens (primary N) is 3. The molecule has 0 aliphatic rings. The molecule has 0 atom stereocenters. The molecule has 2 rings (SSSR count). The molecule has 0 saturated carbocycles. The SMILES string of the molecule is Nc1ncc(-c2cc(Cl)c(N)c(Cl)c2)c(N)n1. The predicted octanol–water partition coefficient (Wildman–Crippen LogP) is 2.20. The third kappa shape index (κ3) is 2.20. The third-order valence-corrected chi connectivity index (χ3v) is 2.85. The number of nitrogen functional groups attached to an aromatic ring is 3. The molecule has 0 aliphatic heterocycles. The maximum atomic E-state index is 5.94. The summed E-state index contributed by atoms with van der Waals surface area (Å²) in [5.74, 6) is 0.369. The quantitative estimate of drug-likeness (QED) is 0.689. The van der Waals surface area contributed by atoms with Crippen LogP contribution in [0.25, 0.3) is 11.1 Å². The molecule has 1 heterocycles. The summed E-state index contributed by atoms with van der Waals surface area (Å²) in [6, 6.07) is 3.29. The first-order chi connectivity index (χ1) is 7.99. The number of anilines is 3. The van der Waals surface area contributed by atoms with Gasteiger partial charge in [-0.25, -0.2) is 4.98 Å². The molecule has 0 radical (unpaired) electrons. The minimum atomic E-state index is 0.110. The number of halogens is 2. The number of benzene rings is 1. The first-order valence-corrected chi connectivity index (χ1v) is 5.37. The Morgan fingerprint density at radius 3 is 2.12 bits per heavy atom. The fourth-order valence-electron chi connectivity index (χ4n) is 1.37. The maximum absolute atomic E-state index is 5.94. The molecule has 0 aliphatic carbocycles. The summed E-state index contributed by atoms with van der Waals surface area (Å²) in [6.07, 6.45) is 1.51. The summed E-state index contributed by atoms with van der Waals surface area (Å²) in [5.41, 5.74) is 18.4. The summed E-state index contributed by atoms with van der Waals surface area (Å²) in [4.78, 5) is 7.73. The molecule has 6 N–H and O–H groups in total. The maximum Gasteiger partial charge on any atom is 0.221 e. The molecule has 1 aromatic heterocycles. The summed E-state index contributed by atoms with van der Waals surface area (Å²) < 4.78 is 0. The second-order valence-corrected chi connectivity index (χ2v) is 4.20. The van der Waals surface area contributed by atoms with Crippen molar-refractivity contribution < 1.29 is 0 Å². The fraction of sp³-hybridized carbons (Fsp3) is 0. The molecule has 7 heteroatoms. The Labute approximate surface area is 108 Å². The normalized spacial score (nSPS) is 10.5. The van der Waals surface area contributed by atoms with Crippen LogP contribution in [0.2, 0.25) is 10.0 Å². The molecule has 2 aromatic rings. The largest absolute Gasteiger partial charge is 0.396 e. The molecule has 5 nitrogen and oxygen atoms in total. The van der Waals surface area contributed by atoms with E-state index in [0.717, 1.165) is 0 Å². The minimum absolute atomic E-state index is 0.110. The molecule has 0 spiro atoms. The van der Waals surface area contributed by atoms with Crippen molar-refractivity contribution in [2.75, 3.05) is 17.2 Å². The van der Waals surface area contributed by atoms with Crippen molar-refractivity contribution in [2.45, 2.75) is 0 Å². The van der Waals surface area contributed by atoms with Gasteiger partial charge in [-0.15, -0.1) is 0 Å². The molecule has 0 bridgehead atoms. The van der Waals surface area contributed by atoms with Crippen molar-refractivity contribution in [3.8, 4) is 11.1 Å². The van der Waals surface area contributed by atoms with Crippen LogP contribution < -0.4 is 17.2 Å². The van der Waals surface area contributed by atoms with E-state index in [1.54, 1.807) is 12.1 Å². The van der Waals surface area contributed by atoms with Crippen LogP contribution in [-0.2, 0) is 0 Å². The van der Waals surface area contributed by atoms with Gasteiger partial charge in [-0.05, 0) is 17.7 Å². The molecular formula is C10H9Cl2N5. The van der Waals surface area contributed by atoms with E-state index in [1.807, 2.05) is 0 Å². The van der Waals surface area contributed by atoms with Crippen LogP contribution in [0.15, 0.2) is 18.3 Å². The van der Waals surface area contributed by atoms with Crippen molar-refractivity contribution in [3.05, 3.63) is 28.4 Å². The van der Waals surface area contributed by atoms with E-state index in [2.05, 4.69) is 9.97 Å². The van der Waals surface area contributed by atoms with E-state index in [1.165, 1.54) is 6.20 Å². The molecule has 0 amide bonds. The minimum Gasteiger partial charge on any atom is -0.396 e. The number of nitrogens with zero attached hydrogens (tertiary/aromatic N) is 2. The molecular weight excluding hydrogens is 261 g/mol. The Bertz CT molecular complexity index is 562. The van der Waals surface area contributed by atoms with Crippen LogP contribution >= 0.6 is 23.2 Å². The van der Waals surface area contributed by atoms with Crippen molar-refractivity contribution in [1.82, 2.24) is 9.97 Å². The summed E-state index contributed by atoms with van der Waals surface area (Å²) in [6.45, 7) is 0. The average molecular weight is 270 g/mol. The van der Waals surface area contributed by atoms with Gasteiger partial charge in [-0.3, -0.25) is 0 Å². The highest BCUT2D eigenvalue weighted by Crippen LogP contribution is 2.34. The van der Waals surface area contributed by atoms with Crippen molar-refractivity contribution in [3.63, 3.8) is 0 Å². The number of rotatable bonds is 1. The lowest BCUT2D eigenvalue weighted by atomic mass is 10.1. The van der Waals surface area contributed by atoms with E-state index in [4.69, 9.17) is 40.4 Å². The van der Waals surface area contributed by atoms with Crippen LogP contribution in [0, 0.1) is 0 Å². The van der Waals surface area contributed by atoms with Gasteiger partial charge in [0.15, 0.2) is 0 Å². The van der Waals surface area contributed by atoms with Gasteiger partial charge in [0.2, 0.25) is 5.95 Å². The van der Waals surface area contributed by atoms with Gasteiger partial charge in [-0.1, -0.05) is 23.2 Å². The molecule has 88 valence electrons. The van der Waals surface area contributed by atoms with Gasteiger partial charge in [0.25, 0.3) is 0 Å². The Morgan fingerprint density at radius 1 is 1.00 bits per heavy atom. The monoisotopic (exact) mass is 269 g/mol. The molecule has 0 unspecified atom stereocenters. The summed E-state index contributed by atoms with van der Waals surface area (Å²) in [5, 5.41) is 0.701. The predicted molar refractivity (Wildman–Crippen MR) is 70.7 cm³/mol. The zero-order valence-electron chi connectivity index (χ0n) is 8.61. The van der Waals surface area contributed by atoms with Crippen LogP contribution in [-0.4, -0.2) is 9.97 Å². The zero-order valence-corrected chi connectivity index (χ0v) is 10.1. The second kappa shape index (κ2) is 4.27. The van der Waals surface area contributed by atoms with Crippen LogP contribution in [0.1, 0.15) is 0 Å². The highest BCUT2D eigenvalue weighted by atomic mass is 35.5. The smallest absolute Gasteiger partial charge is 0.221 e. The average Bonchev–Trinajstić information content (AvgIpc) is 2.25. The topological polar surface area (TPSA) is 104 Å². The van der Waals surface area contributed by atoms with Crippen LogP contribution in [0.5, 0.6) is 0 Å². The lowest BCUT2D eigenvalue weighted by Crippen LogP contribution is -2.01. The first kappa shape index (κ1) is 11.8. The Morgan fingerprint density at radius 2 is 1.59 bits per heavy atom. The highest BCUT2D eigenvalue weighted by molar-refractivity contribution is 6.39. The second-order valence-electron chi connectivity index (χ2n) is 3.38. The van der Waals surface area contributed by atoms with Gasteiger partial charge in [0.05, 0.1) is 15.7 Å². The van der Waals surface area contributed by atoms with E-state index < -0.39 is 0 Å². The summed E-state index contributed by atoms with van der Waals surface area (Å²) >= 11 is 11.9. The number of hydrogen-bond donors (Lipinski definition) is 3. The standard InChI is InChI=1S/C10H9Cl2N5/c11-6-1-4(2-7(12)8(6)13)5-3-16-10(15)17-9(5)14/h1-3H,13H2,(H4,14,15,16,17). The van der Waals surface area contributed by atoms with E-state index >= 15 is 0 Å². The molecule has 17 heavy (non-hydrogen) atoms. The zero-order chi connectivity index (χ0) is 12.6. The van der Waals surface area contributed by atoms with Gasteiger partial charge in [0, 0.05) is 11.8 Å². The third-order valence-electron chi connectivity index (χ3n) is 2.23. The van der Waals surface area contributed by atoms with Gasteiger partial charge >= 0.3 is 0 Å². The molecule has 0 saturated heterocycles. The molecule has 0 fully saturated rings. The van der Waals surface area contributed by atoms with Crippen LogP contribution in [0.4, 0.5) is 17.5 Å². The number of aromatic nitrogens is 2. The van der Waals surface area contributed by atoms with Gasteiger partial charge < -0.3 is 17.2 Å². The van der Waals surface area contributed by atoms with E-state index in [-0.39, 0.29) is 11.8 Å². The lowest BCUT2D eigenvalue weighted by molar-refractivity contribution is 1.20. The summed E-state index contributed by atoms with van der Waals surface area (Å²) in [7, 11) is 0. The fourth-order valence-corrected chi connectivity index (χ4v) is 1.86. The van der Waals surface area contributed by atoms with Crippen molar-refractivity contribution in [1.29, 1.82) is 0 Å². The first-order valence-electron chi connectivity index (χ1n) is 4.62. The van der Waals surface area contributed by atoms with E-state index in [9.17, 15) is 0 Å². The van der Waals surface area contributed by atoms with Crippen molar-refractivity contribution >= 4 is 40.7 Å². The molecule has 1 aromatic carbocycles. The Kier molecular flexibility index (Phi) is 2.95.